The van der Waals surface area contributed by atoms with Crippen molar-refractivity contribution < 1.29 is 0 Å². The van der Waals surface area contributed by atoms with Crippen LogP contribution in [-0.2, 0) is 0 Å². The van der Waals surface area contributed by atoms with Gasteiger partial charge in [-0.05, 0) is 43.9 Å². The second-order valence-electron chi connectivity index (χ2n) is 5.20. The average molecular weight is 236 g/mol. The van der Waals surface area contributed by atoms with Gasteiger partial charge < -0.3 is 5.32 Å². The minimum atomic E-state index is 0.547. The normalized spacial score (nSPS) is 24.3. The summed E-state index contributed by atoms with van der Waals surface area (Å²) in [6.07, 6.45) is 8.84. The number of hydrogen-bond donors (Lipinski definition) is 1. The summed E-state index contributed by atoms with van der Waals surface area (Å²) in [5.41, 5.74) is 0. The number of aromatic nitrogens is 1. The van der Waals surface area contributed by atoms with Crippen LogP contribution in [0.3, 0.4) is 0 Å². The Morgan fingerprint density at radius 2 is 2.12 bits per heavy atom. The smallest absolute Gasteiger partial charge is 0.110 e. The standard InChI is InChI=1S/C13H20N2S/c1-2-11(9-3-4-9)15-12(10-5-6-10)13-14-7-8-16-13/h7-12,15H,2-6H2,1H3. The molecule has 88 valence electrons. The summed E-state index contributed by atoms with van der Waals surface area (Å²) < 4.78 is 0. The molecule has 2 saturated carbocycles. The van der Waals surface area contributed by atoms with Crippen molar-refractivity contribution in [3.8, 4) is 0 Å². The van der Waals surface area contributed by atoms with Crippen molar-refractivity contribution in [2.75, 3.05) is 0 Å². The van der Waals surface area contributed by atoms with E-state index in [1.807, 2.05) is 17.5 Å². The van der Waals surface area contributed by atoms with Crippen LogP contribution in [0.2, 0.25) is 0 Å². The van der Waals surface area contributed by atoms with Crippen molar-refractivity contribution in [2.45, 2.75) is 51.1 Å². The molecule has 0 saturated heterocycles. The fraction of sp³-hybridized carbons (Fsp3) is 0.769. The number of rotatable bonds is 6. The van der Waals surface area contributed by atoms with E-state index in [1.165, 1.54) is 37.1 Å². The van der Waals surface area contributed by atoms with Gasteiger partial charge in [0.05, 0.1) is 6.04 Å². The predicted molar refractivity (Wildman–Crippen MR) is 67.5 cm³/mol. The van der Waals surface area contributed by atoms with Crippen LogP contribution in [-0.4, -0.2) is 11.0 Å². The first-order valence-corrected chi connectivity index (χ1v) is 7.42. The van der Waals surface area contributed by atoms with Crippen LogP contribution in [0.15, 0.2) is 11.6 Å². The van der Waals surface area contributed by atoms with Crippen molar-refractivity contribution in [1.29, 1.82) is 0 Å². The summed E-state index contributed by atoms with van der Waals surface area (Å²) in [4.78, 5) is 4.50. The molecule has 1 aromatic rings. The lowest BCUT2D eigenvalue weighted by atomic mass is 10.1. The van der Waals surface area contributed by atoms with Gasteiger partial charge in [-0.1, -0.05) is 6.92 Å². The van der Waals surface area contributed by atoms with Crippen LogP contribution in [0.25, 0.3) is 0 Å². The van der Waals surface area contributed by atoms with Gasteiger partial charge in [0.25, 0.3) is 0 Å². The lowest BCUT2D eigenvalue weighted by Crippen LogP contribution is -2.35. The zero-order chi connectivity index (χ0) is 11.0. The maximum Gasteiger partial charge on any atom is 0.110 e. The van der Waals surface area contributed by atoms with Crippen molar-refractivity contribution >= 4 is 11.3 Å². The van der Waals surface area contributed by atoms with Gasteiger partial charge >= 0.3 is 0 Å². The first-order chi connectivity index (χ1) is 7.88. The summed E-state index contributed by atoms with van der Waals surface area (Å²) in [5.74, 6) is 1.81. The minimum absolute atomic E-state index is 0.547. The Balaban J connectivity index is 1.68. The first-order valence-electron chi connectivity index (χ1n) is 6.54. The molecule has 0 aliphatic heterocycles. The maximum absolute atomic E-state index is 4.50. The van der Waals surface area contributed by atoms with Crippen molar-refractivity contribution in [1.82, 2.24) is 10.3 Å². The number of nitrogens with zero attached hydrogens (tertiary/aromatic N) is 1. The molecule has 16 heavy (non-hydrogen) atoms. The largest absolute Gasteiger partial charge is 0.305 e. The Hall–Kier alpha value is -0.410. The van der Waals surface area contributed by atoms with Gasteiger partial charge in [-0.3, -0.25) is 0 Å². The molecule has 0 amide bonds. The monoisotopic (exact) mass is 236 g/mol. The lowest BCUT2D eigenvalue weighted by molar-refractivity contribution is 0.364. The van der Waals surface area contributed by atoms with Crippen LogP contribution in [0, 0.1) is 11.8 Å². The van der Waals surface area contributed by atoms with Gasteiger partial charge in [0.15, 0.2) is 0 Å². The van der Waals surface area contributed by atoms with E-state index in [1.54, 1.807) is 0 Å². The molecular formula is C13H20N2S. The molecule has 0 radical (unpaired) electrons. The molecule has 2 aliphatic carbocycles. The van der Waals surface area contributed by atoms with E-state index in [9.17, 15) is 0 Å². The Kier molecular flexibility index (Phi) is 2.99. The summed E-state index contributed by atoms with van der Waals surface area (Å²) in [6.45, 7) is 2.31. The number of thiazole rings is 1. The Labute approximate surface area is 101 Å². The molecule has 2 aliphatic rings. The SMILES string of the molecule is CCC(NC(c1nccs1)C1CC1)C1CC1. The molecule has 2 nitrogen and oxygen atoms in total. The average Bonchev–Trinajstić information content (AvgIpc) is 3.20. The van der Waals surface area contributed by atoms with Crippen LogP contribution >= 0.6 is 11.3 Å². The highest BCUT2D eigenvalue weighted by Gasteiger charge is 2.38. The fourth-order valence-corrected chi connectivity index (χ4v) is 3.33. The van der Waals surface area contributed by atoms with E-state index in [2.05, 4.69) is 22.6 Å². The van der Waals surface area contributed by atoms with Crippen molar-refractivity contribution in [2.24, 2.45) is 11.8 Å². The van der Waals surface area contributed by atoms with Crippen molar-refractivity contribution in [3.63, 3.8) is 0 Å². The minimum Gasteiger partial charge on any atom is -0.305 e. The molecule has 1 heterocycles. The fourth-order valence-electron chi connectivity index (χ4n) is 2.54. The van der Waals surface area contributed by atoms with E-state index < -0.39 is 0 Å². The van der Waals surface area contributed by atoms with E-state index >= 15 is 0 Å². The van der Waals surface area contributed by atoms with Gasteiger partial charge in [0, 0.05) is 17.6 Å². The zero-order valence-corrected chi connectivity index (χ0v) is 10.7. The second kappa shape index (κ2) is 4.46. The molecule has 2 unspecified atom stereocenters. The summed E-state index contributed by atoms with van der Waals surface area (Å²) in [6, 6.07) is 1.28. The summed E-state index contributed by atoms with van der Waals surface area (Å²) in [5, 5.41) is 7.29. The second-order valence-corrected chi connectivity index (χ2v) is 6.13. The van der Waals surface area contributed by atoms with Crippen LogP contribution in [0.4, 0.5) is 0 Å². The molecule has 0 bridgehead atoms. The molecule has 0 aromatic carbocycles. The zero-order valence-electron chi connectivity index (χ0n) is 9.86. The summed E-state index contributed by atoms with van der Waals surface area (Å²) >= 11 is 1.81. The van der Waals surface area contributed by atoms with E-state index in [4.69, 9.17) is 0 Å². The quantitative estimate of drug-likeness (QED) is 0.819. The maximum atomic E-state index is 4.50. The Morgan fingerprint density at radius 1 is 1.38 bits per heavy atom. The third kappa shape index (κ3) is 2.30. The van der Waals surface area contributed by atoms with Gasteiger partial charge in [0.1, 0.15) is 5.01 Å². The van der Waals surface area contributed by atoms with Gasteiger partial charge in [-0.2, -0.15) is 0 Å². The molecule has 1 N–H and O–H groups in total. The third-order valence-corrected chi connectivity index (χ3v) is 4.69. The van der Waals surface area contributed by atoms with Crippen LogP contribution in [0.1, 0.15) is 50.1 Å². The highest BCUT2D eigenvalue weighted by atomic mass is 32.1. The van der Waals surface area contributed by atoms with E-state index in [0.717, 1.165) is 17.9 Å². The third-order valence-electron chi connectivity index (χ3n) is 3.84. The van der Waals surface area contributed by atoms with Crippen molar-refractivity contribution in [3.05, 3.63) is 16.6 Å². The van der Waals surface area contributed by atoms with Gasteiger partial charge in [-0.15, -0.1) is 11.3 Å². The molecule has 2 fully saturated rings. The highest BCUT2D eigenvalue weighted by Crippen LogP contribution is 2.43. The number of hydrogen-bond acceptors (Lipinski definition) is 3. The topological polar surface area (TPSA) is 24.9 Å². The molecular weight excluding hydrogens is 216 g/mol. The molecule has 1 aromatic heterocycles. The molecule has 0 spiro atoms. The van der Waals surface area contributed by atoms with Crippen LogP contribution < -0.4 is 5.32 Å². The van der Waals surface area contributed by atoms with Crippen LogP contribution in [0.5, 0.6) is 0 Å². The first kappa shape index (κ1) is 10.7. The lowest BCUT2D eigenvalue weighted by Gasteiger charge is -2.23. The predicted octanol–water partition coefficient (Wildman–Crippen LogP) is 3.37. The number of nitrogens with one attached hydrogen (secondary N) is 1. The Morgan fingerprint density at radius 3 is 2.62 bits per heavy atom. The molecule has 3 heteroatoms. The summed E-state index contributed by atoms with van der Waals surface area (Å²) in [7, 11) is 0. The van der Waals surface area contributed by atoms with E-state index in [0.29, 0.717) is 6.04 Å². The van der Waals surface area contributed by atoms with E-state index in [-0.39, 0.29) is 0 Å². The van der Waals surface area contributed by atoms with Gasteiger partial charge in [0.2, 0.25) is 0 Å². The molecule has 2 atom stereocenters. The molecule has 3 rings (SSSR count). The highest BCUT2D eigenvalue weighted by molar-refractivity contribution is 7.09. The van der Waals surface area contributed by atoms with Gasteiger partial charge in [-0.25, -0.2) is 4.98 Å². The Bertz CT molecular complexity index is 328.